The van der Waals surface area contributed by atoms with Gasteiger partial charge in [0.15, 0.2) is 0 Å². The number of benzene rings is 1. The summed E-state index contributed by atoms with van der Waals surface area (Å²) in [5.74, 6) is -0.405. The van der Waals surface area contributed by atoms with Gasteiger partial charge in [-0.15, -0.1) is 0 Å². The van der Waals surface area contributed by atoms with Crippen molar-refractivity contribution in [2.24, 2.45) is 0 Å². The molecular formula is C15H15N3O6. The number of hydrogen-bond donors (Lipinski definition) is 1. The van der Waals surface area contributed by atoms with E-state index in [9.17, 15) is 19.7 Å². The van der Waals surface area contributed by atoms with Crippen LogP contribution >= 0.6 is 0 Å². The highest BCUT2D eigenvalue weighted by Crippen LogP contribution is 2.31. The number of H-pyrrole nitrogens is 1. The quantitative estimate of drug-likeness (QED) is 0.486. The van der Waals surface area contributed by atoms with E-state index in [4.69, 9.17) is 9.47 Å². The van der Waals surface area contributed by atoms with Gasteiger partial charge in [0, 0.05) is 18.3 Å². The zero-order valence-electron chi connectivity index (χ0n) is 13.1. The Labute approximate surface area is 136 Å². The van der Waals surface area contributed by atoms with Crippen LogP contribution in [-0.4, -0.2) is 34.1 Å². The highest BCUT2D eigenvalue weighted by Gasteiger charge is 2.18. The second-order valence-corrected chi connectivity index (χ2v) is 4.57. The van der Waals surface area contributed by atoms with Crippen LogP contribution in [0.15, 0.2) is 29.2 Å². The number of non-ortho nitro benzene ring substituents is 1. The van der Waals surface area contributed by atoms with E-state index in [-0.39, 0.29) is 29.2 Å². The topological polar surface area (TPSA) is 124 Å². The number of carbonyl (C=O) groups excluding carboxylic acids is 1. The molecule has 0 aliphatic carbocycles. The number of aromatic nitrogens is 2. The molecule has 0 saturated heterocycles. The Balaban J connectivity index is 2.52. The third-order valence-corrected chi connectivity index (χ3v) is 3.02. The molecule has 1 aromatic carbocycles. The van der Waals surface area contributed by atoms with E-state index < -0.39 is 16.5 Å². The van der Waals surface area contributed by atoms with Gasteiger partial charge in [0.2, 0.25) is 0 Å². The van der Waals surface area contributed by atoms with Gasteiger partial charge in [-0.05, 0) is 19.9 Å². The highest BCUT2D eigenvalue weighted by atomic mass is 16.6. The smallest absolute Gasteiger partial charge is 0.345 e. The average Bonchev–Trinajstić information content (AvgIpc) is 2.55. The van der Waals surface area contributed by atoms with Gasteiger partial charge in [-0.1, -0.05) is 0 Å². The van der Waals surface area contributed by atoms with E-state index in [1.165, 1.54) is 18.2 Å². The van der Waals surface area contributed by atoms with E-state index in [2.05, 4.69) is 9.97 Å². The molecule has 0 radical (unpaired) electrons. The number of rotatable bonds is 6. The van der Waals surface area contributed by atoms with Crippen molar-refractivity contribution in [3.63, 3.8) is 0 Å². The molecule has 1 heterocycles. The summed E-state index contributed by atoms with van der Waals surface area (Å²) < 4.78 is 10.2. The van der Waals surface area contributed by atoms with Gasteiger partial charge in [0.05, 0.1) is 23.7 Å². The summed E-state index contributed by atoms with van der Waals surface area (Å²) >= 11 is 0. The zero-order valence-corrected chi connectivity index (χ0v) is 13.1. The summed E-state index contributed by atoms with van der Waals surface area (Å²) in [5, 5.41) is 10.9. The van der Waals surface area contributed by atoms with Gasteiger partial charge in [0.1, 0.15) is 17.1 Å². The maximum Gasteiger partial charge on any atom is 0.345 e. The second-order valence-electron chi connectivity index (χ2n) is 4.57. The number of hydrogen-bond acceptors (Lipinski definition) is 7. The molecule has 0 atom stereocenters. The highest BCUT2D eigenvalue weighted by molar-refractivity contribution is 5.88. The number of esters is 1. The molecule has 1 aromatic heterocycles. The Hall–Kier alpha value is -3.23. The third kappa shape index (κ3) is 3.57. The van der Waals surface area contributed by atoms with Crippen LogP contribution in [0.4, 0.5) is 5.69 Å². The Bertz CT molecular complexity index is 830. The van der Waals surface area contributed by atoms with E-state index in [0.717, 1.165) is 6.20 Å². The summed E-state index contributed by atoms with van der Waals surface area (Å²) in [5.41, 5.74) is -0.875. The lowest BCUT2D eigenvalue weighted by atomic mass is 10.1. The van der Waals surface area contributed by atoms with Gasteiger partial charge in [-0.3, -0.25) is 14.9 Å². The van der Waals surface area contributed by atoms with E-state index >= 15 is 0 Å². The van der Waals surface area contributed by atoms with Gasteiger partial charge in [-0.25, -0.2) is 9.78 Å². The molecule has 2 aromatic rings. The van der Waals surface area contributed by atoms with Crippen LogP contribution in [0.1, 0.15) is 24.2 Å². The van der Waals surface area contributed by atoms with E-state index in [1.807, 2.05) is 0 Å². The lowest BCUT2D eigenvalue weighted by Crippen LogP contribution is -2.21. The van der Waals surface area contributed by atoms with Crippen LogP contribution < -0.4 is 10.3 Å². The summed E-state index contributed by atoms with van der Waals surface area (Å²) in [4.78, 5) is 40.5. The molecule has 2 rings (SSSR count). The molecular weight excluding hydrogens is 318 g/mol. The number of nitrogens with one attached hydrogen (secondary N) is 1. The first-order valence-electron chi connectivity index (χ1n) is 7.16. The molecule has 0 aliphatic rings. The molecule has 9 nitrogen and oxygen atoms in total. The van der Waals surface area contributed by atoms with E-state index in [0.29, 0.717) is 12.4 Å². The lowest BCUT2D eigenvalue weighted by Gasteiger charge is -2.09. The standard InChI is InChI=1S/C15H15N3O6/c1-3-23-12-6-5-9(18(21)22)7-10(12)13-16-8-11(14(19)17-13)15(20)24-4-2/h5-8H,3-4H2,1-2H3,(H,16,17,19). The van der Waals surface area contributed by atoms with Crippen molar-refractivity contribution in [2.45, 2.75) is 13.8 Å². The van der Waals surface area contributed by atoms with Crippen LogP contribution in [0.2, 0.25) is 0 Å². The zero-order chi connectivity index (χ0) is 17.7. The molecule has 0 aliphatic heterocycles. The first-order valence-corrected chi connectivity index (χ1v) is 7.16. The van der Waals surface area contributed by atoms with Crippen molar-refractivity contribution in [2.75, 3.05) is 13.2 Å². The molecule has 24 heavy (non-hydrogen) atoms. The van der Waals surface area contributed by atoms with Crippen molar-refractivity contribution >= 4 is 11.7 Å². The van der Waals surface area contributed by atoms with Crippen LogP contribution in [0.3, 0.4) is 0 Å². The first kappa shape index (κ1) is 17.1. The van der Waals surface area contributed by atoms with Crippen molar-refractivity contribution in [3.05, 3.63) is 50.4 Å². The number of carbonyl (C=O) groups is 1. The van der Waals surface area contributed by atoms with E-state index in [1.54, 1.807) is 13.8 Å². The predicted octanol–water partition coefficient (Wildman–Crippen LogP) is 1.92. The Morgan fingerprint density at radius 3 is 2.67 bits per heavy atom. The second kappa shape index (κ2) is 7.36. The van der Waals surface area contributed by atoms with Crippen molar-refractivity contribution in [1.29, 1.82) is 0 Å². The minimum absolute atomic E-state index is 0.0557. The fourth-order valence-corrected chi connectivity index (χ4v) is 1.98. The van der Waals surface area contributed by atoms with Crippen LogP contribution in [0.25, 0.3) is 11.4 Å². The molecule has 9 heteroatoms. The van der Waals surface area contributed by atoms with Crippen molar-refractivity contribution < 1.29 is 19.2 Å². The number of nitro groups is 1. The predicted molar refractivity (Wildman–Crippen MR) is 84.1 cm³/mol. The molecule has 0 spiro atoms. The Morgan fingerprint density at radius 1 is 1.33 bits per heavy atom. The van der Waals surface area contributed by atoms with Gasteiger partial charge >= 0.3 is 5.97 Å². The van der Waals surface area contributed by atoms with Crippen LogP contribution in [0.5, 0.6) is 5.75 Å². The normalized spacial score (nSPS) is 10.2. The summed E-state index contributed by atoms with van der Waals surface area (Å²) in [7, 11) is 0. The van der Waals surface area contributed by atoms with Crippen molar-refractivity contribution in [3.8, 4) is 17.1 Å². The number of aromatic amines is 1. The molecule has 0 bridgehead atoms. The fourth-order valence-electron chi connectivity index (χ4n) is 1.98. The fraction of sp³-hybridized carbons (Fsp3) is 0.267. The SMILES string of the molecule is CCOC(=O)c1cnc(-c2cc([N+](=O)[O-])ccc2OCC)[nH]c1=O. The molecule has 0 unspecified atom stereocenters. The molecule has 0 fully saturated rings. The number of ether oxygens (including phenoxy) is 2. The lowest BCUT2D eigenvalue weighted by molar-refractivity contribution is -0.384. The molecule has 1 N–H and O–H groups in total. The summed E-state index contributed by atoms with van der Waals surface area (Å²) in [6, 6.07) is 3.96. The Kier molecular flexibility index (Phi) is 5.25. The maximum absolute atomic E-state index is 12.0. The Morgan fingerprint density at radius 2 is 2.08 bits per heavy atom. The average molecular weight is 333 g/mol. The minimum Gasteiger partial charge on any atom is -0.493 e. The molecule has 126 valence electrons. The minimum atomic E-state index is -0.790. The van der Waals surface area contributed by atoms with Crippen LogP contribution in [0, 0.1) is 10.1 Å². The number of nitrogens with zero attached hydrogens (tertiary/aromatic N) is 2. The summed E-state index contributed by atoms with van der Waals surface area (Å²) in [6.07, 6.45) is 1.07. The third-order valence-electron chi connectivity index (χ3n) is 3.02. The van der Waals surface area contributed by atoms with Crippen molar-refractivity contribution in [1.82, 2.24) is 9.97 Å². The van der Waals surface area contributed by atoms with Gasteiger partial charge < -0.3 is 14.5 Å². The number of nitro benzene ring substituents is 1. The van der Waals surface area contributed by atoms with Crippen LogP contribution in [-0.2, 0) is 4.74 Å². The summed E-state index contributed by atoms with van der Waals surface area (Å²) in [6.45, 7) is 3.83. The van der Waals surface area contributed by atoms with Gasteiger partial charge in [-0.2, -0.15) is 0 Å². The molecule has 0 amide bonds. The monoisotopic (exact) mass is 333 g/mol. The first-order chi connectivity index (χ1) is 11.5. The largest absolute Gasteiger partial charge is 0.493 e. The maximum atomic E-state index is 12.0. The molecule has 0 saturated carbocycles. The van der Waals surface area contributed by atoms with Gasteiger partial charge in [0.25, 0.3) is 11.2 Å².